The first-order valence-electron chi connectivity index (χ1n) is 8.63. The van der Waals surface area contributed by atoms with Gasteiger partial charge in [-0.05, 0) is 54.3 Å². The first-order valence-corrected chi connectivity index (χ1v) is 8.63. The number of benzene rings is 2. The minimum absolute atomic E-state index is 0.177. The number of hydrogen-bond donors (Lipinski definition) is 2. The van der Waals surface area contributed by atoms with Gasteiger partial charge in [0.15, 0.2) is 0 Å². The molecule has 1 amide bonds. The lowest BCUT2D eigenvalue weighted by Crippen LogP contribution is -2.11. The van der Waals surface area contributed by atoms with Crippen LogP contribution in [0.4, 0.5) is 5.69 Å². The molecule has 0 bridgehead atoms. The van der Waals surface area contributed by atoms with Gasteiger partial charge >= 0.3 is 0 Å². The van der Waals surface area contributed by atoms with Crippen molar-refractivity contribution in [1.82, 2.24) is 0 Å². The summed E-state index contributed by atoms with van der Waals surface area (Å²) < 4.78 is 0. The van der Waals surface area contributed by atoms with E-state index in [4.69, 9.17) is 5.73 Å². The van der Waals surface area contributed by atoms with Crippen molar-refractivity contribution in [1.29, 1.82) is 0 Å². The zero-order chi connectivity index (χ0) is 18.7. The van der Waals surface area contributed by atoms with Crippen LogP contribution in [0.2, 0.25) is 0 Å². The maximum absolute atomic E-state index is 12.1. The van der Waals surface area contributed by atoms with Gasteiger partial charge in [0, 0.05) is 11.8 Å². The van der Waals surface area contributed by atoms with Gasteiger partial charge in [-0.25, -0.2) is 0 Å². The summed E-state index contributed by atoms with van der Waals surface area (Å²) in [6.45, 7) is 10.6. The topological polar surface area (TPSA) is 55.1 Å². The van der Waals surface area contributed by atoms with Crippen LogP contribution in [0.15, 0.2) is 67.3 Å². The molecule has 2 rings (SSSR count). The molecule has 3 nitrogen and oxygen atoms in total. The van der Waals surface area contributed by atoms with Crippen LogP contribution < -0.4 is 11.1 Å². The number of rotatable bonds is 6. The molecule has 0 atom stereocenters. The largest absolute Gasteiger partial charge is 0.330 e. The van der Waals surface area contributed by atoms with E-state index in [0.717, 1.165) is 34.4 Å². The average molecular weight is 336 g/mol. The molecule has 0 aliphatic heterocycles. The predicted octanol–water partition coefficient (Wildman–Crippen LogP) is 4.73. The highest BCUT2D eigenvalue weighted by molar-refractivity contribution is 6.01. The highest BCUT2D eigenvalue weighted by atomic mass is 16.1. The quantitative estimate of drug-likeness (QED) is 0.592. The molecule has 0 aliphatic rings. The summed E-state index contributed by atoms with van der Waals surface area (Å²) >= 11 is 0. The average Bonchev–Trinajstić information content (AvgIpc) is 2.64. The number of nitrogens with one attached hydrogen (secondary N) is 1. The van der Waals surface area contributed by atoms with Crippen molar-refractivity contribution < 1.29 is 4.79 Å². The molecular formula is C22H28N2O. The summed E-state index contributed by atoms with van der Waals surface area (Å²) in [6, 6.07) is 15.7. The van der Waals surface area contributed by atoms with Gasteiger partial charge in [0.05, 0.1) is 0 Å². The number of anilines is 1. The van der Waals surface area contributed by atoms with E-state index in [9.17, 15) is 4.79 Å². The first-order chi connectivity index (χ1) is 12.1. The van der Waals surface area contributed by atoms with E-state index < -0.39 is 0 Å². The van der Waals surface area contributed by atoms with Gasteiger partial charge < -0.3 is 11.1 Å². The fourth-order valence-corrected chi connectivity index (χ4v) is 2.39. The molecule has 0 fully saturated rings. The molecule has 0 aromatic heterocycles. The molecule has 132 valence electrons. The van der Waals surface area contributed by atoms with Crippen LogP contribution in [0.5, 0.6) is 0 Å². The molecule has 2 aromatic carbocycles. The molecule has 0 aliphatic carbocycles. The highest BCUT2D eigenvalue weighted by Crippen LogP contribution is 2.18. The Hall–Kier alpha value is -2.65. The number of hydrogen-bond acceptors (Lipinski definition) is 2. The van der Waals surface area contributed by atoms with Crippen molar-refractivity contribution in [3.05, 3.63) is 84.0 Å². The number of aryl methyl sites for hydroxylation is 1. The van der Waals surface area contributed by atoms with Crippen LogP contribution in [0.3, 0.4) is 0 Å². The van der Waals surface area contributed by atoms with Crippen LogP contribution in [0, 0.1) is 6.92 Å². The lowest BCUT2D eigenvalue weighted by Gasteiger charge is -2.09. The number of nitrogens with two attached hydrogens (primary N) is 1. The zero-order valence-corrected chi connectivity index (χ0v) is 15.4. The van der Waals surface area contributed by atoms with Gasteiger partial charge in [0.2, 0.25) is 5.91 Å². The molecule has 3 N–H and O–H groups in total. The molecule has 0 saturated carbocycles. The summed E-state index contributed by atoms with van der Waals surface area (Å²) in [4.78, 5) is 12.1. The number of carbonyl (C=O) groups is 1. The summed E-state index contributed by atoms with van der Waals surface area (Å²) in [5, 5.41) is 2.89. The predicted molar refractivity (Wildman–Crippen MR) is 109 cm³/mol. The third-order valence-electron chi connectivity index (χ3n) is 3.62. The lowest BCUT2D eigenvalue weighted by molar-refractivity contribution is -0.111. The maximum Gasteiger partial charge on any atom is 0.248 e. The van der Waals surface area contributed by atoms with E-state index in [-0.39, 0.29) is 5.91 Å². The van der Waals surface area contributed by atoms with Gasteiger partial charge in [0.25, 0.3) is 0 Å². The molecule has 0 heterocycles. The number of carbonyl (C=O) groups excluding carboxylic acids is 1. The minimum Gasteiger partial charge on any atom is -0.330 e. The molecule has 0 radical (unpaired) electrons. The third-order valence-corrected chi connectivity index (χ3v) is 3.62. The van der Waals surface area contributed by atoms with Gasteiger partial charge in [-0.2, -0.15) is 0 Å². The lowest BCUT2D eigenvalue weighted by atomic mass is 10.0. The van der Waals surface area contributed by atoms with E-state index in [2.05, 4.69) is 11.9 Å². The fourth-order valence-electron chi connectivity index (χ4n) is 2.39. The SMILES string of the molecule is C=C(/C=C/C(=O)Nc1ccccc1CCN)c1ccccc1C.CC. The summed E-state index contributed by atoms with van der Waals surface area (Å²) in [7, 11) is 0. The Labute approximate surface area is 151 Å². The number of para-hydroxylation sites is 1. The second-order valence-electron chi connectivity index (χ2n) is 5.36. The van der Waals surface area contributed by atoms with E-state index in [1.165, 1.54) is 6.08 Å². The van der Waals surface area contributed by atoms with E-state index in [0.29, 0.717) is 6.54 Å². The maximum atomic E-state index is 12.1. The van der Waals surface area contributed by atoms with Crippen molar-refractivity contribution in [3.63, 3.8) is 0 Å². The van der Waals surface area contributed by atoms with Crippen LogP contribution in [0.25, 0.3) is 5.57 Å². The molecular weight excluding hydrogens is 308 g/mol. The standard InChI is InChI=1S/C20H22N2O.C2H6/c1-15-7-3-5-9-18(15)16(2)11-12-20(23)22-19-10-6-4-8-17(19)13-14-21;1-2/h3-12H,2,13-14,21H2,1H3,(H,22,23);1-2H3/b12-11+;. The fraction of sp³-hybridized carbons (Fsp3) is 0.227. The molecule has 0 unspecified atom stereocenters. The number of amides is 1. The van der Waals surface area contributed by atoms with Gasteiger partial charge in [-0.3, -0.25) is 4.79 Å². The number of allylic oxidation sites excluding steroid dienone is 2. The van der Waals surface area contributed by atoms with Gasteiger partial charge in [-0.15, -0.1) is 0 Å². The molecule has 25 heavy (non-hydrogen) atoms. The Morgan fingerprint density at radius 2 is 1.72 bits per heavy atom. The molecule has 3 heteroatoms. The Balaban J connectivity index is 0.00000151. The van der Waals surface area contributed by atoms with Crippen molar-refractivity contribution >= 4 is 17.2 Å². The summed E-state index contributed by atoms with van der Waals surface area (Å²) in [5.74, 6) is -0.177. The molecule has 2 aromatic rings. The van der Waals surface area contributed by atoms with E-state index in [1.54, 1.807) is 6.08 Å². The van der Waals surface area contributed by atoms with Gasteiger partial charge in [-0.1, -0.05) is 62.9 Å². The van der Waals surface area contributed by atoms with Gasteiger partial charge in [0.1, 0.15) is 0 Å². The monoisotopic (exact) mass is 336 g/mol. The highest BCUT2D eigenvalue weighted by Gasteiger charge is 2.04. The van der Waals surface area contributed by atoms with Crippen molar-refractivity contribution in [2.45, 2.75) is 27.2 Å². The zero-order valence-electron chi connectivity index (χ0n) is 15.4. The second kappa shape index (κ2) is 11.0. The first kappa shape index (κ1) is 20.4. The molecule has 0 spiro atoms. The van der Waals surface area contributed by atoms with Crippen LogP contribution in [0.1, 0.15) is 30.5 Å². The Morgan fingerprint density at radius 1 is 1.08 bits per heavy atom. The normalized spacial score (nSPS) is 10.1. The Bertz CT molecular complexity index is 732. The Kier molecular flexibility index (Phi) is 8.97. The van der Waals surface area contributed by atoms with Crippen molar-refractivity contribution in [2.24, 2.45) is 5.73 Å². The van der Waals surface area contributed by atoms with Crippen LogP contribution in [-0.4, -0.2) is 12.5 Å². The smallest absolute Gasteiger partial charge is 0.248 e. The summed E-state index contributed by atoms with van der Waals surface area (Å²) in [6.07, 6.45) is 3.98. The molecule has 0 saturated heterocycles. The van der Waals surface area contributed by atoms with Crippen molar-refractivity contribution in [3.8, 4) is 0 Å². The van der Waals surface area contributed by atoms with E-state index >= 15 is 0 Å². The second-order valence-corrected chi connectivity index (χ2v) is 5.36. The van der Waals surface area contributed by atoms with E-state index in [1.807, 2.05) is 69.3 Å². The van der Waals surface area contributed by atoms with Crippen molar-refractivity contribution in [2.75, 3.05) is 11.9 Å². The minimum atomic E-state index is -0.177. The van der Waals surface area contributed by atoms with Crippen LogP contribution in [-0.2, 0) is 11.2 Å². The third kappa shape index (κ3) is 6.40. The van der Waals surface area contributed by atoms with Crippen LogP contribution >= 0.6 is 0 Å². The summed E-state index contributed by atoms with van der Waals surface area (Å²) in [5.41, 5.74) is 10.4. The Morgan fingerprint density at radius 3 is 2.40 bits per heavy atom.